The second kappa shape index (κ2) is 6.38. The third kappa shape index (κ3) is 3.71. The molecule has 4 nitrogen and oxygen atoms in total. The number of benzene rings is 2. The summed E-state index contributed by atoms with van der Waals surface area (Å²) in [5, 5.41) is 2.43. The van der Waals surface area contributed by atoms with Gasteiger partial charge in [-0.25, -0.2) is 4.39 Å². The predicted molar refractivity (Wildman–Crippen MR) is 79.1 cm³/mol. The smallest absolute Gasteiger partial charge is 0.262 e. The molecule has 0 heterocycles. The zero-order valence-corrected chi connectivity index (χ0v) is 12.0. The monoisotopic (exact) mass is 338 g/mol. The van der Waals surface area contributed by atoms with Gasteiger partial charge in [0.25, 0.3) is 5.91 Å². The van der Waals surface area contributed by atoms with E-state index in [1.54, 1.807) is 30.3 Å². The number of hydrogen-bond acceptors (Lipinski definition) is 3. The van der Waals surface area contributed by atoms with Crippen LogP contribution in [0, 0.1) is 5.82 Å². The summed E-state index contributed by atoms with van der Waals surface area (Å²) in [6, 6.07) is 10.9. The average Bonchev–Trinajstić information content (AvgIpc) is 2.42. The maximum atomic E-state index is 13.4. The summed E-state index contributed by atoms with van der Waals surface area (Å²) in [6.45, 7) is -0.240. The van der Waals surface area contributed by atoms with Crippen LogP contribution in [-0.4, -0.2) is 12.5 Å². The van der Waals surface area contributed by atoms with Crippen LogP contribution in [0.2, 0.25) is 0 Å². The molecule has 20 heavy (non-hydrogen) atoms. The average molecular weight is 339 g/mol. The molecule has 0 saturated carbocycles. The lowest BCUT2D eigenvalue weighted by molar-refractivity contribution is -0.118. The number of ether oxygens (including phenoxy) is 1. The Balaban J connectivity index is 1.96. The van der Waals surface area contributed by atoms with Gasteiger partial charge in [-0.15, -0.1) is 0 Å². The lowest BCUT2D eigenvalue weighted by Gasteiger charge is -2.10. The van der Waals surface area contributed by atoms with Gasteiger partial charge in [-0.1, -0.05) is 12.1 Å². The molecule has 0 aliphatic heterocycles. The number of amides is 1. The number of nitrogens with one attached hydrogen (secondary N) is 1. The van der Waals surface area contributed by atoms with E-state index in [1.165, 1.54) is 12.1 Å². The van der Waals surface area contributed by atoms with Crippen LogP contribution in [0.3, 0.4) is 0 Å². The summed E-state index contributed by atoms with van der Waals surface area (Å²) in [5.41, 5.74) is 6.27. The van der Waals surface area contributed by atoms with Crippen molar-refractivity contribution in [3.63, 3.8) is 0 Å². The molecule has 0 aromatic heterocycles. The number of anilines is 2. The van der Waals surface area contributed by atoms with Gasteiger partial charge in [0.1, 0.15) is 11.6 Å². The van der Waals surface area contributed by atoms with Gasteiger partial charge in [0.2, 0.25) is 0 Å². The molecule has 3 N–H and O–H groups in total. The highest BCUT2D eigenvalue weighted by molar-refractivity contribution is 9.10. The first kappa shape index (κ1) is 14.3. The van der Waals surface area contributed by atoms with Gasteiger partial charge < -0.3 is 15.8 Å². The van der Waals surface area contributed by atoms with E-state index >= 15 is 0 Å². The van der Waals surface area contributed by atoms with Crippen molar-refractivity contribution in [3.8, 4) is 5.75 Å². The van der Waals surface area contributed by atoms with Crippen LogP contribution in [0.15, 0.2) is 46.9 Å². The molecule has 0 atom stereocenters. The van der Waals surface area contributed by atoms with Crippen molar-refractivity contribution in [2.45, 2.75) is 0 Å². The maximum absolute atomic E-state index is 13.4. The molecular weight excluding hydrogens is 327 g/mol. The number of rotatable bonds is 4. The Morgan fingerprint density at radius 1 is 1.30 bits per heavy atom. The minimum absolute atomic E-state index is 0.118. The first-order valence-electron chi connectivity index (χ1n) is 5.78. The second-order valence-electron chi connectivity index (χ2n) is 4.01. The van der Waals surface area contributed by atoms with Crippen molar-refractivity contribution in [1.29, 1.82) is 0 Å². The molecule has 0 aliphatic rings. The van der Waals surface area contributed by atoms with Crippen LogP contribution in [0.5, 0.6) is 5.75 Å². The van der Waals surface area contributed by atoms with Crippen molar-refractivity contribution in [2.24, 2.45) is 0 Å². The molecule has 6 heteroatoms. The number of para-hydroxylation sites is 1. The van der Waals surface area contributed by atoms with E-state index in [-0.39, 0.29) is 12.3 Å². The third-order valence-corrected chi connectivity index (χ3v) is 3.12. The van der Waals surface area contributed by atoms with Crippen LogP contribution in [0.1, 0.15) is 0 Å². The number of nitrogens with two attached hydrogens (primary N) is 1. The minimum atomic E-state index is -0.494. The molecule has 2 aromatic rings. The number of nitrogen functional groups attached to an aromatic ring is 1. The molecule has 0 spiro atoms. The molecule has 2 aromatic carbocycles. The first-order chi connectivity index (χ1) is 9.56. The standard InChI is InChI=1S/C14H12BrFN2O2/c15-10-6-5-9(17)7-13(10)20-8-14(19)18-12-4-2-1-3-11(12)16/h1-7H,8,17H2,(H,18,19). The summed E-state index contributed by atoms with van der Waals surface area (Å²) in [5.74, 6) is -0.496. The Kier molecular flexibility index (Phi) is 4.57. The number of hydrogen-bond donors (Lipinski definition) is 2. The van der Waals surface area contributed by atoms with E-state index in [4.69, 9.17) is 10.5 Å². The topological polar surface area (TPSA) is 64.3 Å². The van der Waals surface area contributed by atoms with Crippen LogP contribution >= 0.6 is 15.9 Å². The van der Waals surface area contributed by atoms with E-state index in [0.717, 1.165) is 0 Å². The summed E-state index contributed by atoms with van der Waals surface area (Å²) < 4.78 is 19.4. The summed E-state index contributed by atoms with van der Waals surface area (Å²) in [7, 11) is 0. The molecular formula is C14H12BrFN2O2. The van der Waals surface area contributed by atoms with Gasteiger partial charge in [-0.3, -0.25) is 4.79 Å². The molecule has 0 fully saturated rings. The highest BCUT2D eigenvalue weighted by Gasteiger charge is 2.08. The Bertz CT molecular complexity index is 634. The van der Waals surface area contributed by atoms with Gasteiger partial charge in [-0.05, 0) is 40.2 Å². The third-order valence-electron chi connectivity index (χ3n) is 2.46. The van der Waals surface area contributed by atoms with Gasteiger partial charge in [0, 0.05) is 11.8 Å². The SMILES string of the molecule is Nc1ccc(Br)c(OCC(=O)Nc2ccccc2F)c1. The fourth-order valence-corrected chi connectivity index (χ4v) is 1.88. The van der Waals surface area contributed by atoms with Crippen LogP contribution in [-0.2, 0) is 4.79 Å². The molecule has 0 bridgehead atoms. The Hall–Kier alpha value is -2.08. The maximum Gasteiger partial charge on any atom is 0.262 e. The quantitative estimate of drug-likeness (QED) is 0.841. The van der Waals surface area contributed by atoms with Crippen molar-refractivity contribution in [1.82, 2.24) is 0 Å². The summed E-state index contributed by atoms with van der Waals surface area (Å²) >= 11 is 3.29. The molecule has 0 unspecified atom stereocenters. The second-order valence-corrected chi connectivity index (χ2v) is 4.86. The molecule has 2 rings (SSSR count). The zero-order valence-electron chi connectivity index (χ0n) is 10.4. The fourth-order valence-electron chi connectivity index (χ4n) is 1.52. The fraction of sp³-hybridized carbons (Fsp3) is 0.0714. The number of carbonyl (C=O) groups excluding carboxylic acids is 1. The van der Waals surface area contributed by atoms with Crippen molar-refractivity contribution in [3.05, 3.63) is 52.8 Å². The summed E-state index contributed by atoms with van der Waals surface area (Å²) in [6.07, 6.45) is 0. The lowest BCUT2D eigenvalue weighted by atomic mass is 10.3. The van der Waals surface area contributed by atoms with E-state index in [2.05, 4.69) is 21.2 Å². The molecule has 1 amide bonds. The van der Waals surface area contributed by atoms with E-state index in [9.17, 15) is 9.18 Å². The van der Waals surface area contributed by atoms with Crippen molar-refractivity contribution in [2.75, 3.05) is 17.7 Å². The number of carbonyl (C=O) groups is 1. The summed E-state index contributed by atoms with van der Waals surface area (Å²) in [4.78, 5) is 11.7. The van der Waals surface area contributed by atoms with Crippen molar-refractivity contribution >= 4 is 33.2 Å². The van der Waals surface area contributed by atoms with E-state index in [0.29, 0.717) is 15.9 Å². The van der Waals surface area contributed by atoms with Crippen molar-refractivity contribution < 1.29 is 13.9 Å². The molecule has 104 valence electrons. The normalized spacial score (nSPS) is 10.1. The Morgan fingerprint density at radius 3 is 2.80 bits per heavy atom. The Morgan fingerprint density at radius 2 is 2.05 bits per heavy atom. The zero-order chi connectivity index (χ0) is 14.5. The molecule has 0 aliphatic carbocycles. The van der Waals surface area contributed by atoms with Gasteiger partial charge in [0.05, 0.1) is 10.2 Å². The van der Waals surface area contributed by atoms with Crippen LogP contribution in [0.25, 0.3) is 0 Å². The molecule has 0 saturated heterocycles. The highest BCUT2D eigenvalue weighted by atomic mass is 79.9. The largest absolute Gasteiger partial charge is 0.483 e. The van der Waals surface area contributed by atoms with E-state index in [1.807, 2.05) is 0 Å². The van der Waals surface area contributed by atoms with Gasteiger partial charge >= 0.3 is 0 Å². The molecule has 0 radical (unpaired) electrons. The highest BCUT2D eigenvalue weighted by Crippen LogP contribution is 2.27. The first-order valence-corrected chi connectivity index (χ1v) is 6.58. The van der Waals surface area contributed by atoms with E-state index < -0.39 is 11.7 Å². The predicted octanol–water partition coefficient (Wildman–Crippen LogP) is 3.19. The van der Waals surface area contributed by atoms with Gasteiger partial charge in [-0.2, -0.15) is 0 Å². The number of halogens is 2. The van der Waals surface area contributed by atoms with Gasteiger partial charge in [0.15, 0.2) is 6.61 Å². The van der Waals surface area contributed by atoms with Crippen LogP contribution in [0.4, 0.5) is 15.8 Å². The lowest BCUT2D eigenvalue weighted by Crippen LogP contribution is -2.20. The van der Waals surface area contributed by atoms with Crippen LogP contribution < -0.4 is 15.8 Å². The minimum Gasteiger partial charge on any atom is -0.483 e. The Labute approximate surface area is 123 Å².